The van der Waals surface area contributed by atoms with E-state index < -0.39 is 0 Å². The molecule has 0 saturated carbocycles. The molecule has 1 aromatic heterocycles. The van der Waals surface area contributed by atoms with Gasteiger partial charge in [-0.15, -0.1) is 9.94 Å². The highest BCUT2D eigenvalue weighted by molar-refractivity contribution is 5.36. The van der Waals surface area contributed by atoms with Gasteiger partial charge in [-0.1, -0.05) is 0 Å². The summed E-state index contributed by atoms with van der Waals surface area (Å²) in [4.78, 5) is 2.95. The third kappa shape index (κ3) is 1.82. The zero-order valence-electron chi connectivity index (χ0n) is 8.00. The van der Waals surface area contributed by atoms with Crippen LogP contribution in [0, 0.1) is 5.92 Å². The molecule has 2 N–H and O–H groups in total. The summed E-state index contributed by atoms with van der Waals surface area (Å²) in [7, 11) is 0. The van der Waals surface area contributed by atoms with Gasteiger partial charge in [0.1, 0.15) is 0 Å². The molecule has 1 aliphatic rings. The van der Waals surface area contributed by atoms with E-state index >= 15 is 0 Å². The van der Waals surface area contributed by atoms with E-state index in [2.05, 4.69) is 10.00 Å². The minimum absolute atomic E-state index is 0.280. The molecule has 0 spiro atoms. The average molecular weight is 197 g/mol. The van der Waals surface area contributed by atoms with Gasteiger partial charge in [-0.2, -0.15) is 0 Å². The number of piperidine rings is 1. The maximum atomic E-state index is 9.02. The molecule has 0 unspecified atom stereocenters. The van der Waals surface area contributed by atoms with E-state index in [-0.39, 0.29) is 6.61 Å². The fourth-order valence-corrected chi connectivity index (χ4v) is 1.82. The molecule has 78 valence electrons. The first-order valence-corrected chi connectivity index (χ1v) is 4.90. The molecule has 0 aliphatic carbocycles. The number of hydrogen-bond acceptors (Lipinski definition) is 4. The molecular formula is C9H15N3O2. The molecule has 1 saturated heterocycles. The van der Waals surface area contributed by atoms with Crippen molar-refractivity contribution in [3.63, 3.8) is 0 Å². The normalized spacial score (nSPS) is 18.8. The van der Waals surface area contributed by atoms with Crippen LogP contribution in [0.15, 0.2) is 12.3 Å². The zero-order chi connectivity index (χ0) is 9.97. The summed E-state index contributed by atoms with van der Waals surface area (Å²) in [6.45, 7) is 2.09. The van der Waals surface area contributed by atoms with E-state index in [1.165, 1.54) is 6.20 Å². The number of anilines is 1. The minimum atomic E-state index is 0.280. The first-order valence-electron chi connectivity index (χ1n) is 4.90. The molecule has 5 nitrogen and oxygen atoms in total. The predicted molar refractivity (Wildman–Crippen MR) is 51.4 cm³/mol. The summed E-state index contributed by atoms with van der Waals surface area (Å²) in [6.07, 6.45) is 3.51. The first-order chi connectivity index (χ1) is 6.79. The van der Waals surface area contributed by atoms with Crippen LogP contribution in [0.2, 0.25) is 0 Å². The van der Waals surface area contributed by atoms with E-state index in [1.54, 1.807) is 6.07 Å². The van der Waals surface area contributed by atoms with E-state index in [1.807, 2.05) is 0 Å². The van der Waals surface area contributed by atoms with Crippen molar-refractivity contribution in [2.24, 2.45) is 5.92 Å². The summed E-state index contributed by atoms with van der Waals surface area (Å²) < 4.78 is 0. The Morgan fingerprint density at radius 2 is 2.14 bits per heavy atom. The lowest BCUT2D eigenvalue weighted by Crippen LogP contribution is -2.35. The van der Waals surface area contributed by atoms with Crippen LogP contribution in [0.25, 0.3) is 0 Å². The quantitative estimate of drug-likeness (QED) is 0.671. The Hall–Kier alpha value is -1.23. The maximum Gasteiger partial charge on any atom is 0.154 e. The number of aromatic nitrogens is 2. The van der Waals surface area contributed by atoms with E-state index in [0.717, 1.165) is 36.6 Å². The molecular weight excluding hydrogens is 182 g/mol. The van der Waals surface area contributed by atoms with E-state index in [4.69, 9.17) is 10.3 Å². The van der Waals surface area contributed by atoms with Crippen LogP contribution in [0.1, 0.15) is 12.8 Å². The van der Waals surface area contributed by atoms with Gasteiger partial charge in [-0.25, -0.2) is 0 Å². The molecule has 0 radical (unpaired) electrons. The molecule has 0 amide bonds. The van der Waals surface area contributed by atoms with Crippen LogP contribution < -0.4 is 4.90 Å². The van der Waals surface area contributed by atoms with E-state index in [9.17, 15) is 0 Å². The minimum Gasteiger partial charge on any atom is -0.412 e. The predicted octanol–water partition coefficient (Wildman–Crippen LogP) is 0.329. The highest BCUT2D eigenvalue weighted by Gasteiger charge is 2.19. The molecule has 1 aliphatic heterocycles. The van der Waals surface area contributed by atoms with Crippen LogP contribution in [-0.4, -0.2) is 40.0 Å². The Morgan fingerprint density at radius 1 is 1.43 bits per heavy atom. The summed E-state index contributed by atoms with van der Waals surface area (Å²) in [5.41, 5.74) is 0. The third-order valence-electron chi connectivity index (χ3n) is 2.76. The SMILES string of the molecule is OCC1CCN(c2ccn(O)n2)CC1. The van der Waals surface area contributed by atoms with Crippen molar-refractivity contribution in [3.05, 3.63) is 12.3 Å². The average Bonchev–Trinajstić information content (AvgIpc) is 2.65. The summed E-state index contributed by atoms with van der Waals surface area (Å²) in [5, 5.41) is 21.9. The van der Waals surface area contributed by atoms with Gasteiger partial charge in [0.05, 0.1) is 6.20 Å². The van der Waals surface area contributed by atoms with Gasteiger partial charge in [0.25, 0.3) is 0 Å². The van der Waals surface area contributed by atoms with Crippen LogP contribution in [0.5, 0.6) is 0 Å². The van der Waals surface area contributed by atoms with Gasteiger partial charge >= 0.3 is 0 Å². The fourth-order valence-electron chi connectivity index (χ4n) is 1.82. The van der Waals surface area contributed by atoms with Crippen molar-refractivity contribution in [2.75, 3.05) is 24.6 Å². The second kappa shape index (κ2) is 3.88. The molecule has 5 heteroatoms. The second-order valence-electron chi connectivity index (χ2n) is 3.71. The molecule has 0 aromatic carbocycles. The lowest BCUT2D eigenvalue weighted by molar-refractivity contribution is 0.149. The Balaban J connectivity index is 1.95. The van der Waals surface area contributed by atoms with Crippen molar-refractivity contribution in [1.82, 2.24) is 9.94 Å². The van der Waals surface area contributed by atoms with Crippen molar-refractivity contribution in [3.8, 4) is 0 Å². The molecule has 2 heterocycles. The summed E-state index contributed by atoms with van der Waals surface area (Å²) in [5.74, 6) is 1.24. The first kappa shape index (κ1) is 9.33. The van der Waals surface area contributed by atoms with Crippen molar-refractivity contribution < 1.29 is 10.3 Å². The second-order valence-corrected chi connectivity index (χ2v) is 3.71. The van der Waals surface area contributed by atoms with Gasteiger partial charge in [0.15, 0.2) is 5.82 Å². The van der Waals surface area contributed by atoms with Gasteiger partial charge in [0.2, 0.25) is 0 Å². The van der Waals surface area contributed by atoms with Crippen LogP contribution >= 0.6 is 0 Å². The molecule has 1 aromatic rings. The van der Waals surface area contributed by atoms with Crippen LogP contribution in [0.4, 0.5) is 5.82 Å². The van der Waals surface area contributed by atoms with Crippen molar-refractivity contribution in [2.45, 2.75) is 12.8 Å². The number of rotatable bonds is 2. The Labute approximate surface area is 82.5 Å². The highest BCUT2D eigenvalue weighted by Crippen LogP contribution is 2.20. The standard InChI is InChI=1S/C9H15N3O2/c13-7-8-1-4-11(5-2-8)9-3-6-12(14)10-9/h3,6,8,13-14H,1-2,4-5,7H2. The Kier molecular flexibility index (Phi) is 2.58. The summed E-state index contributed by atoms with van der Waals surface area (Å²) >= 11 is 0. The van der Waals surface area contributed by atoms with Crippen molar-refractivity contribution >= 4 is 5.82 Å². The molecule has 14 heavy (non-hydrogen) atoms. The van der Waals surface area contributed by atoms with Gasteiger partial charge < -0.3 is 15.2 Å². The Bertz CT molecular complexity index is 292. The van der Waals surface area contributed by atoms with Crippen LogP contribution in [0.3, 0.4) is 0 Å². The molecule has 1 fully saturated rings. The lowest BCUT2D eigenvalue weighted by Gasteiger charge is -2.30. The van der Waals surface area contributed by atoms with Gasteiger partial charge in [-0.3, -0.25) is 0 Å². The van der Waals surface area contributed by atoms with Gasteiger partial charge in [0, 0.05) is 25.8 Å². The number of aliphatic hydroxyl groups is 1. The maximum absolute atomic E-state index is 9.02. The number of nitrogens with zero attached hydrogens (tertiary/aromatic N) is 3. The van der Waals surface area contributed by atoms with Gasteiger partial charge in [-0.05, 0) is 18.8 Å². The van der Waals surface area contributed by atoms with Crippen molar-refractivity contribution in [1.29, 1.82) is 0 Å². The van der Waals surface area contributed by atoms with Crippen LogP contribution in [-0.2, 0) is 0 Å². The number of aliphatic hydroxyl groups excluding tert-OH is 1. The zero-order valence-corrected chi connectivity index (χ0v) is 8.00. The third-order valence-corrected chi connectivity index (χ3v) is 2.76. The smallest absolute Gasteiger partial charge is 0.154 e. The monoisotopic (exact) mass is 197 g/mol. The highest BCUT2D eigenvalue weighted by atomic mass is 16.5. The fraction of sp³-hybridized carbons (Fsp3) is 0.667. The Morgan fingerprint density at radius 3 is 2.64 bits per heavy atom. The molecule has 0 bridgehead atoms. The topological polar surface area (TPSA) is 61.5 Å². The molecule has 0 atom stereocenters. The molecule has 2 rings (SSSR count). The number of hydrogen-bond donors (Lipinski definition) is 2. The van der Waals surface area contributed by atoms with E-state index in [0.29, 0.717) is 5.92 Å². The largest absolute Gasteiger partial charge is 0.412 e. The summed E-state index contributed by atoms with van der Waals surface area (Å²) in [6, 6.07) is 1.79. The lowest BCUT2D eigenvalue weighted by atomic mass is 9.98.